The Balaban J connectivity index is 0.000000493. The van der Waals surface area contributed by atoms with E-state index in [1.807, 2.05) is 48.5 Å². The number of carbonyl (C=O) groups excluding carboxylic acids is 4. The molecule has 0 aromatic carbocycles. The molecule has 5 aliphatic heterocycles. The summed E-state index contributed by atoms with van der Waals surface area (Å²) in [7, 11) is -4.15. The van der Waals surface area contributed by atoms with Crippen LogP contribution in [-0.2, 0) is 127 Å². The van der Waals surface area contributed by atoms with E-state index in [1.165, 1.54) is 73.9 Å². The fourth-order valence-electron chi connectivity index (χ4n) is 16.7. The van der Waals surface area contributed by atoms with Crippen molar-refractivity contribution in [3.8, 4) is 0 Å². The number of aromatic nitrogens is 8. The van der Waals surface area contributed by atoms with E-state index in [0.29, 0.717) is 61.4 Å². The molecule has 0 bridgehead atoms. The molecule has 21 atom stereocenters. The van der Waals surface area contributed by atoms with Crippen molar-refractivity contribution >= 4 is 90.1 Å². The first-order valence-electron chi connectivity index (χ1n) is 49.0. The fraction of sp³-hybridized carbons (Fsp3) is 0.750. The number of hydrogen-bond acceptors (Lipinski definition) is 37. The number of allylic oxidation sites excluding steroid dienone is 1. The Morgan fingerprint density at radius 3 is 1.00 bits per heavy atom. The van der Waals surface area contributed by atoms with E-state index in [2.05, 4.69) is 66.3 Å². The van der Waals surface area contributed by atoms with Gasteiger partial charge in [0.05, 0.1) is 138 Å². The molecule has 0 amide bonds. The summed E-state index contributed by atoms with van der Waals surface area (Å²) in [6.45, 7) is 54.4. The molecule has 54 heteroatoms. The topological polar surface area (TPSA) is 587 Å². The molecule has 0 radical (unpaired) electrons. The lowest BCUT2D eigenvalue weighted by atomic mass is 9.99. The van der Waals surface area contributed by atoms with E-state index in [0.717, 1.165) is 10.5 Å². The first-order chi connectivity index (χ1) is 69.9. The van der Waals surface area contributed by atoms with Crippen LogP contribution in [0.3, 0.4) is 0 Å². The van der Waals surface area contributed by atoms with Crippen molar-refractivity contribution < 1.29 is 137 Å². The number of aliphatic hydroxyl groups is 1. The first-order valence-corrected chi connectivity index (χ1v) is 62.3. The van der Waals surface area contributed by atoms with Crippen molar-refractivity contribution in [1.29, 1.82) is 0 Å². The van der Waals surface area contributed by atoms with Gasteiger partial charge in [-0.05, 0) is 138 Å². The number of carboxylic acid groups (broad SMARTS) is 1. The summed E-state index contributed by atoms with van der Waals surface area (Å²) in [5.74, 6) is -3.01. The second-order valence-corrected chi connectivity index (χ2v) is 56.2. The van der Waals surface area contributed by atoms with Crippen LogP contribution in [0.15, 0.2) is 75.5 Å². The minimum absolute atomic E-state index is 0.0665. The number of hydrogen-bond donors (Lipinski definition) is 6. The molecule has 9 rings (SSSR count). The average Bonchev–Trinajstić information content (AvgIpc) is 1.65. The van der Waals surface area contributed by atoms with Crippen LogP contribution in [-0.4, -0.2) is 353 Å². The highest BCUT2D eigenvalue weighted by molar-refractivity contribution is 7.63. The van der Waals surface area contributed by atoms with Crippen molar-refractivity contribution in [3.63, 3.8) is 0 Å². The summed E-state index contributed by atoms with van der Waals surface area (Å²) in [5, 5.41) is 19.9. The number of carboxylic acids is 1. The van der Waals surface area contributed by atoms with Gasteiger partial charge in [-0.1, -0.05) is 55.0 Å². The normalized spacial score (nSPS) is 23.1. The molecule has 5 fully saturated rings. The predicted molar refractivity (Wildman–Crippen MR) is 567 cm³/mol. The molecule has 9 heterocycles. The van der Waals surface area contributed by atoms with Gasteiger partial charge in [0.1, 0.15) is 61.2 Å². The minimum Gasteiger partial charge on any atom is -0.481 e. The fourth-order valence-corrected chi connectivity index (χ4v) is 24.8. The molecule has 47 nitrogen and oxygen atoms in total. The second kappa shape index (κ2) is 66.2. The summed E-state index contributed by atoms with van der Waals surface area (Å²) < 4.78 is 160. The molecule has 4 aromatic heterocycles. The van der Waals surface area contributed by atoms with Gasteiger partial charge >= 0.3 is 52.6 Å². The van der Waals surface area contributed by atoms with E-state index in [4.69, 9.17) is 110 Å². The van der Waals surface area contributed by atoms with E-state index >= 15 is 0 Å². The number of ether oxygens (including phenoxy) is 16. The highest BCUT2D eigenvalue weighted by atomic mass is 35.5. The van der Waals surface area contributed by atoms with Gasteiger partial charge in [-0.15, -0.1) is 23.2 Å². The smallest absolute Gasteiger partial charge is 0.330 e. The maximum absolute atomic E-state index is 13.0. The van der Waals surface area contributed by atoms with Gasteiger partial charge in [0.25, 0.3) is 30.8 Å². The number of aliphatic carboxylic acids is 1. The lowest BCUT2D eigenvalue weighted by Gasteiger charge is -2.38. The highest BCUT2D eigenvalue weighted by Gasteiger charge is 2.56. The summed E-state index contributed by atoms with van der Waals surface area (Å²) in [4.78, 5) is 168. The molecule has 0 aliphatic carbocycles. The summed E-state index contributed by atoms with van der Waals surface area (Å²) in [5.41, 5.74) is -3.54. The van der Waals surface area contributed by atoms with Crippen LogP contribution in [0, 0.1) is 63.9 Å². The number of aromatic amines is 4. The zero-order chi connectivity index (χ0) is 114. The molecule has 856 valence electrons. The molecule has 0 saturated carbocycles. The molecule has 5 aliphatic rings. The maximum Gasteiger partial charge on any atom is 0.330 e. The largest absolute Gasteiger partial charge is 0.481 e. The zero-order valence-corrected chi connectivity index (χ0v) is 97.5. The number of nitrogens with zero attached hydrogens (tertiary/aromatic N) is 6. The number of halogens is 2. The third-order valence-electron chi connectivity index (χ3n) is 22.7. The van der Waals surface area contributed by atoms with Crippen molar-refractivity contribution in [2.45, 2.75) is 253 Å². The first kappa shape index (κ1) is 137. The molecule has 4 aromatic rings. The van der Waals surface area contributed by atoms with Gasteiger partial charge in [-0.2, -0.15) is 0 Å². The standard InChI is InChI=1S/C26H46N4O8P2.C22H35N2O10P.C21H33N2O10P.C17H29N2O7P.C5H6O2.C4H10.CH2Cl2/c1-17(2)30(18(3)4)39(36-12-11-27-7)38-22-21(20(6)16-40(9,10)33)37-25(23(22)35-14-13-34-8)29-15-19(5)24(31)28-26(29)32;1-13-11-24(22(28)23-20(13)27)21-19(32-10-9-30-3)18(33-16(26)8-7-15(25)31-4)17(34-21)14(2)12-35(5,6)29;1-12-10-23(21(28)22-19(12)27)20-18(31-9-8-30-3)17(32-15(26)7-6-14(24)25)16(33-20)13(2)11-34(4,5)29;1-10-8-19(17(22)18-15(10)21)16-14(25-7-6-24-3)12(20)13(26-16)11(2)9-27(4,5)23;1-4-2-3-5(6)7-4;1-4(2)3;2-1-3/h15,17-18,20-23,25H,11-14,16H2,1-6,8-10H3,(H,28,31,32);11,14,17-19,21H,7-10,12H2,1-6H3,(H,23,27,28);10,13,16-18,20H,6-9,11H2,1-5H3,(H,24,25)(H,22,27,28);8,11-14,16,20H,6-7,9H2,1-5H3,(H,18,21,22);1-3H2;4H,1-3H3;1H2/t20-,21-,22-,23-,25-,39?;14-,17-,18-,19-,21-;13-,16-,17-,18-,20-;11-,12-,13-,14-,16-;;;/m1111.../s1. The SMILES string of the molecule is C=C1CCC(=O)O1.CC(C)C.COCCO[C@@H]1[C@H](O)[C@@H]([C@H](C)CP(C)(C)=O)O[C@H]1n1cc(C)c(=O)[nH]c1=O.COCCO[C@@H]1[C@H](OC(=O)CCC(=O)O)[C@@H]([C@H](C)CP(C)(C)=O)O[C@H]1n1cc(C)c(=O)[nH]c1=O.COCCO[C@@H]1[C@H](OC(=O)CCC(=O)OC)[C@@H]([C@H](C)CP(C)(C)=O)O[C@H]1n1cc(C)c(=O)[nH]c1=O.ClCCl.[C-]#[N+]CCOP(O[C@H]1[C@@H](OCCOC)[C@H](n2cc(C)c(=O)[nH]c2=O)O[C@@H]1[C@H](C)CP(C)(C)=O)N(C(C)C)C(C)C. The summed E-state index contributed by atoms with van der Waals surface area (Å²) in [6, 6.07) is 0.133. The average molecular weight is 2270 g/mol. The Bertz CT molecular complexity index is 5660. The van der Waals surface area contributed by atoms with Crippen LogP contribution in [0.25, 0.3) is 4.85 Å². The van der Waals surface area contributed by atoms with Crippen LogP contribution < -0.4 is 45.0 Å². The third kappa shape index (κ3) is 46.5. The number of aryl methyl sites for hydroxylation is 4. The van der Waals surface area contributed by atoms with Crippen LogP contribution in [0.1, 0.15) is 162 Å². The molecule has 5 saturated heterocycles. The lowest BCUT2D eigenvalue weighted by Crippen LogP contribution is -2.43. The lowest BCUT2D eigenvalue weighted by molar-refractivity contribution is -0.161. The van der Waals surface area contributed by atoms with Gasteiger partial charge in [-0.25, -0.2) is 30.4 Å². The van der Waals surface area contributed by atoms with Crippen molar-refractivity contribution in [1.82, 2.24) is 42.9 Å². The van der Waals surface area contributed by atoms with Gasteiger partial charge in [0.2, 0.25) is 6.54 Å². The molecule has 1 unspecified atom stereocenters. The van der Waals surface area contributed by atoms with E-state index < -0.39 is 211 Å². The van der Waals surface area contributed by atoms with Gasteiger partial charge < -0.3 is 118 Å². The highest BCUT2D eigenvalue weighted by Crippen LogP contribution is 2.54. The number of alkyl halides is 2. The van der Waals surface area contributed by atoms with Gasteiger partial charge in [-0.3, -0.25) is 81.4 Å². The molecule has 150 heavy (non-hydrogen) atoms. The molecule has 6 N–H and O–H groups in total. The second-order valence-electron chi connectivity index (χ2n) is 39.9. The van der Waals surface area contributed by atoms with Gasteiger partial charge in [0, 0.05) is 119 Å². The Kier molecular flexibility index (Phi) is 60.4. The maximum atomic E-state index is 13.0. The minimum atomic E-state index is -2.50. The van der Waals surface area contributed by atoms with E-state index in [9.17, 15) is 85.7 Å². The molecule has 0 spiro atoms. The molecular formula is C96H161Cl2N10O37P5. The Morgan fingerprint density at radius 1 is 0.453 bits per heavy atom. The van der Waals surface area contributed by atoms with Crippen molar-refractivity contribution in [2.24, 2.45) is 29.6 Å². The van der Waals surface area contributed by atoms with E-state index in [-0.39, 0.29) is 136 Å². The number of aliphatic hydroxyl groups excluding tert-OH is 1. The predicted octanol–water partition coefficient (Wildman–Crippen LogP) is 9.72. The summed E-state index contributed by atoms with van der Waals surface area (Å²) >= 11 is 9.53. The van der Waals surface area contributed by atoms with Crippen molar-refractivity contribution in [2.75, 3.05) is 185 Å². The zero-order valence-electron chi connectivity index (χ0n) is 91.5. The Labute approximate surface area is 886 Å². The number of methoxy groups -OCH3 is 5. The number of nitrogens with one attached hydrogen (secondary N) is 4. The number of H-pyrrole nitrogens is 4. The quantitative estimate of drug-likeness (QED) is 0.00598. The monoisotopic (exact) mass is 2270 g/mol. The third-order valence-corrected chi connectivity index (χ3v) is 30.7. The number of cyclic esters (lactones) is 1. The van der Waals surface area contributed by atoms with Crippen LogP contribution in [0.5, 0.6) is 0 Å². The number of esters is 4. The summed E-state index contributed by atoms with van der Waals surface area (Å²) in [6.07, 6.45) is -7.16. The Morgan fingerprint density at radius 2 is 0.733 bits per heavy atom. The van der Waals surface area contributed by atoms with Gasteiger partial charge in [0.15, 0.2) is 37.1 Å². The number of carbonyl (C=O) groups is 5. The van der Waals surface area contributed by atoms with Crippen LogP contribution >= 0.6 is 60.3 Å². The van der Waals surface area contributed by atoms with Crippen LogP contribution in [0.4, 0.5) is 0 Å². The molecular weight excluding hydrogens is 2110 g/mol. The Hall–Kier alpha value is -7.41. The number of rotatable bonds is 48. The van der Waals surface area contributed by atoms with Crippen LogP contribution in [0.2, 0.25) is 0 Å². The van der Waals surface area contributed by atoms with E-state index in [1.54, 1.807) is 88.1 Å². The van der Waals surface area contributed by atoms with Crippen molar-refractivity contribution in [3.05, 3.63) is 154 Å².